The molecule has 0 aromatic heterocycles. The second-order valence-corrected chi connectivity index (χ2v) is 6.81. The number of hydrogen-bond donors (Lipinski definition) is 1. The Kier molecular flexibility index (Phi) is 7.86. The first kappa shape index (κ1) is 21.4. The Morgan fingerprint density at radius 2 is 1.33 bits per heavy atom. The van der Waals surface area contributed by atoms with Gasteiger partial charge in [0.15, 0.2) is 0 Å². The van der Waals surface area contributed by atoms with Gasteiger partial charge in [0.25, 0.3) is 0 Å². The van der Waals surface area contributed by atoms with Gasteiger partial charge in [-0.1, -0.05) is 60.7 Å². The van der Waals surface area contributed by atoms with E-state index in [0.29, 0.717) is 30.3 Å². The maximum Gasteiger partial charge on any atom is 0.308 e. The summed E-state index contributed by atoms with van der Waals surface area (Å²) in [5, 5.41) is 10.5. The van der Waals surface area contributed by atoms with Gasteiger partial charge in [-0.15, -0.1) is 0 Å². The number of aliphatic hydroxyl groups excluding tert-OH is 1. The van der Waals surface area contributed by atoms with Crippen LogP contribution in [-0.2, 0) is 22.7 Å². The molecule has 1 N–H and O–H groups in total. The van der Waals surface area contributed by atoms with E-state index in [-0.39, 0.29) is 13.0 Å². The maximum atomic E-state index is 11.8. The number of carbonyl (C=O) groups is 1. The minimum Gasteiger partial charge on any atom is -0.489 e. The van der Waals surface area contributed by atoms with Crippen molar-refractivity contribution in [3.63, 3.8) is 0 Å². The summed E-state index contributed by atoms with van der Waals surface area (Å²) in [4.78, 5) is 11.8. The summed E-state index contributed by atoms with van der Waals surface area (Å²) in [6.07, 6.45) is -1.14. The third-order valence-corrected chi connectivity index (χ3v) is 4.45. The molecule has 3 rings (SSSR count). The molecule has 0 spiro atoms. The lowest BCUT2D eigenvalue weighted by Gasteiger charge is -2.16. The minimum absolute atomic E-state index is 0.131. The minimum atomic E-state index is -1.01. The lowest BCUT2D eigenvalue weighted by Crippen LogP contribution is -2.10. The number of rotatable bonds is 10. The molecule has 0 radical (unpaired) electrons. The summed E-state index contributed by atoms with van der Waals surface area (Å²) >= 11 is 0. The van der Waals surface area contributed by atoms with Crippen LogP contribution >= 0.6 is 0 Å². The van der Waals surface area contributed by atoms with Crippen LogP contribution in [0.15, 0.2) is 78.9 Å². The third-order valence-electron chi connectivity index (χ3n) is 4.45. The Balaban J connectivity index is 1.76. The normalized spacial score (nSPS) is 11.5. The zero-order valence-corrected chi connectivity index (χ0v) is 17.0. The van der Waals surface area contributed by atoms with Gasteiger partial charge in [0, 0.05) is 6.07 Å². The van der Waals surface area contributed by atoms with Crippen molar-refractivity contribution in [1.29, 1.82) is 0 Å². The molecule has 5 heteroatoms. The number of esters is 1. The van der Waals surface area contributed by atoms with Crippen LogP contribution in [0.3, 0.4) is 0 Å². The molecule has 3 aromatic carbocycles. The lowest BCUT2D eigenvalue weighted by atomic mass is 10.1. The summed E-state index contributed by atoms with van der Waals surface area (Å²) in [6, 6.07) is 24.9. The molecule has 156 valence electrons. The highest BCUT2D eigenvalue weighted by Gasteiger charge is 2.16. The van der Waals surface area contributed by atoms with Gasteiger partial charge in [-0.3, -0.25) is 4.79 Å². The Hall–Kier alpha value is -3.31. The zero-order valence-electron chi connectivity index (χ0n) is 17.0. The highest BCUT2D eigenvalue weighted by molar-refractivity contribution is 5.70. The van der Waals surface area contributed by atoms with E-state index in [1.807, 2.05) is 60.7 Å². The van der Waals surface area contributed by atoms with Gasteiger partial charge in [0.05, 0.1) is 19.1 Å². The molecule has 0 amide bonds. The predicted octanol–water partition coefficient (Wildman–Crippen LogP) is 4.83. The molecule has 30 heavy (non-hydrogen) atoms. The topological polar surface area (TPSA) is 65.0 Å². The Labute approximate surface area is 176 Å². The molecule has 3 aromatic rings. The highest BCUT2D eigenvalue weighted by Crippen LogP contribution is 2.29. The maximum absolute atomic E-state index is 11.8. The van der Waals surface area contributed by atoms with Gasteiger partial charge < -0.3 is 19.3 Å². The summed E-state index contributed by atoms with van der Waals surface area (Å²) in [6.45, 7) is 2.78. The van der Waals surface area contributed by atoms with Crippen LogP contribution in [-0.4, -0.2) is 17.7 Å². The zero-order chi connectivity index (χ0) is 21.2. The van der Waals surface area contributed by atoms with Gasteiger partial charge >= 0.3 is 5.97 Å². The van der Waals surface area contributed by atoms with E-state index in [1.54, 1.807) is 25.1 Å². The SMILES string of the molecule is CCOC(=O)CC(O)c1cc(OCc2ccccc2)cc(OCc2ccccc2)c1. The van der Waals surface area contributed by atoms with Crippen molar-refractivity contribution in [1.82, 2.24) is 0 Å². The molecule has 0 aliphatic heterocycles. The molecular formula is C25H26O5. The molecule has 0 bridgehead atoms. The summed E-state index contributed by atoms with van der Waals surface area (Å²) in [5.41, 5.74) is 2.60. The first-order chi connectivity index (χ1) is 14.6. The second kappa shape index (κ2) is 11.0. The van der Waals surface area contributed by atoms with E-state index in [0.717, 1.165) is 11.1 Å². The monoisotopic (exact) mass is 406 g/mol. The van der Waals surface area contributed by atoms with E-state index < -0.39 is 12.1 Å². The third kappa shape index (κ3) is 6.64. The van der Waals surface area contributed by atoms with Crippen LogP contribution in [0.2, 0.25) is 0 Å². The van der Waals surface area contributed by atoms with Crippen molar-refractivity contribution in [2.75, 3.05) is 6.61 Å². The van der Waals surface area contributed by atoms with Crippen LogP contribution in [0.4, 0.5) is 0 Å². The summed E-state index contributed by atoms with van der Waals surface area (Å²) in [5.74, 6) is 0.664. The van der Waals surface area contributed by atoms with Crippen LogP contribution < -0.4 is 9.47 Å². The van der Waals surface area contributed by atoms with Gasteiger partial charge in [-0.25, -0.2) is 0 Å². The van der Waals surface area contributed by atoms with E-state index >= 15 is 0 Å². The van der Waals surface area contributed by atoms with Gasteiger partial charge in [0.2, 0.25) is 0 Å². The molecule has 0 saturated carbocycles. The number of ether oxygens (including phenoxy) is 3. The van der Waals surface area contributed by atoms with Crippen molar-refractivity contribution < 1.29 is 24.1 Å². The number of carbonyl (C=O) groups excluding carboxylic acids is 1. The van der Waals surface area contributed by atoms with Crippen molar-refractivity contribution >= 4 is 5.97 Å². The molecular weight excluding hydrogens is 380 g/mol. The number of benzene rings is 3. The number of hydrogen-bond acceptors (Lipinski definition) is 5. The standard InChI is InChI=1S/C25H26O5/c1-2-28-25(27)16-24(26)21-13-22(29-17-19-9-5-3-6-10-19)15-23(14-21)30-18-20-11-7-4-8-12-20/h3-15,24,26H,2,16-18H2,1H3. The van der Waals surface area contributed by atoms with Crippen LogP contribution in [0.1, 0.15) is 36.1 Å². The largest absolute Gasteiger partial charge is 0.489 e. The van der Waals surface area contributed by atoms with Crippen LogP contribution in [0.25, 0.3) is 0 Å². The van der Waals surface area contributed by atoms with Crippen LogP contribution in [0.5, 0.6) is 11.5 Å². The van der Waals surface area contributed by atoms with Gasteiger partial charge in [0.1, 0.15) is 24.7 Å². The molecule has 1 unspecified atom stereocenters. The molecule has 0 saturated heterocycles. The van der Waals surface area contributed by atoms with Gasteiger partial charge in [-0.05, 0) is 35.7 Å². The molecule has 0 fully saturated rings. The van der Waals surface area contributed by atoms with Gasteiger partial charge in [-0.2, -0.15) is 0 Å². The lowest BCUT2D eigenvalue weighted by molar-refractivity contribution is -0.145. The van der Waals surface area contributed by atoms with E-state index in [9.17, 15) is 9.90 Å². The Morgan fingerprint density at radius 3 is 1.80 bits per heavy atom. The smallest absolute Gasteiger partial charge is 0.308 e. The van der Waals surface area contributed by atoms with Crippen molar-refractivity contribution in [3.05, 3.63) is 95.6 Å². The molecule has 0 heterocycles. The fourth-order valence-corrected chi connectivity index (χ4v) is 2.93. The highest BCUT2D eigenvalue weighted by atomic mass is 16.5. The number of aliphatic hydroxyl groups is 1. The fourth-order valence-electron chi connectivity index (χ4n) is 2.93. The summed E-state index contributed by atoms with van der Waals surface area (Å²) < 4.78 is 16.8. The average Bonchev–Trinajstić information content (AvgIpc) is 2.78. The predicted molar refractivity (Wildman–Crippen MR) is 114 cm³/mol. The van der Waals surface area contributed by atoms with E-state index in [2.05, 4.69) is 0 Å². The second-order valence-electron chi connectivity index (χ2n) is 6.81. The molecule has 5 nitrogen and oxygen atoms in total. The average molecular weight is 406 g/mol. The van der Waals surface area contributed by atoms with Crippen molar-refractivity contribution in [2.45, 2.75) is 32.7 Å². The van der Waals surface area contributed by atoms with E-state index in [4.69, 9.17) is 14.2 Å². The van der Waals surface area contributed by atoms with Crippen molar-refractivity contribution in [2.24, 2.45) is 0 Å². The first-order valence-corrected chi connectivity index (χ1v) is 9.96. The molecule has 1 atom stereocenters. The first-order valence-electron chi connectivity index (χ1n) is 9.96. The quantitative estimate of drug-likeness (QED) is 0.489. The molecule has 0 aliphatic rings. The van der Waals surface area contributed by atoms with Crippen LogP contribution in [0, 0.1) is 0 Å². The Morgan fingerprint density at radius 1 is 0.833 bits per heavy atom. The summed E-state index contributed by atoms with van der Waals surface area (Å²) in [7, 11) is 0. The van der Waals surface area contributed by atoms with E-state index in [1.165, 1.54) is 0 Å². The molecule has 0 aliphatic carbocycles. The Bertz CT molecular complexity index is 863. The van der Waals surface area contributed by atoms with Crippen molar-refractivity contribution in [3.8, 4) is 11.5 Å². The fraction of sp³-hybridized carbons (Fsp3) is 0.240.